The van der Waals surface area contributed by atoms with E-state index in [0.29, 0.717) is 22.5 Å². The number of alkyl halides is 3. The fourth-order valence-electron chi connectivity index (χ4n) is 2.78. The Kier molecular flexibility index (Phi) is 7.02. The van der Waals surface area contributed by atoms with Crippen molar-refractivity contribution in [1.29, 1.82) is 0 Å². The molecule has 1 unspecified atom stereocenters. The standard InChI is InChI=1S/C20H17BrF4N4O3/c1-10(19(30)26-8-20(23,24)25)32-15-7-12(22)3-4-13(15)29-18-17-14(27-9-28-18)5-11(21)6-16(17)31-2/h3-7,9-10H,8H2,1-2H3,(H,26,30)(H,27,28,29). The smallest absolute Gasteiger partial charge is 0.405 e. The van der Waals surface area contributed by atoms with Crippen molar-refractivity contribution in [2.75, 3.05) is 19.0 Å². The number of hydrogen-bond donors (Lipinski definition) is 2. The fraction of sp³-hybridized carbons (Fsp3) is 0.250. The van der Waals surface area contributed by atoms with Gasteiger partial charge in [-0.3, -0.25) is 4.79 Å². The van der Waals surface area contributed by atoms with Crippen molar-refractivity contribution < 1.29 is 31.8 Å². The first kappa shape index (κ1) is 23.5. The lowest BCUT2D eigenvalue weighted by atomic mass is 10.2. The molecule has 3 rings (SSSR count). The molecule has 0 spiro atoms. The third kappa shape index (κ3) is 5.75. The van der Waals surface area contributed by atoms with Crippen LogP contribution < -0.4 is 20.1 Å². The Labute approximate surface area is 188 Å². The number of benzene rings is 2. The molecule has 7 nitrogen and oxygen atoms in total. The molecule has 0 bridgehead atoms. The molecule has 0 saturated carbocycles. The Hall–Kier alpha value is -3.15. The lowest BCUT2D eigenvalue weighted by molar-refractivity contribution is -0.142. The first-order valence-corrected chi connectivity index (χ1v) is 9.92. The topological polar surface area (TPSA) is 85.4 Å². The van der Waals surface area contributed by atoms with Crippen molar-refractivity contribution in [3.05, 3.63) is 46.9 Å². The van der Waals surface area contributed by atoms with E-state index in [9.17, 15) is 22.4 Å². The molecule has 0 saturated heterocycles. The van der Waals surface area contributed by atoms with Crippen molar-refractivity contribution in [2.24, 2.45) is 0 Å². The third-order valence-electron chi connectivity index (χ3n) is 4.22. The second kappa shape index (κ2) is 9.55. The molecule has 0 aliphatic rings. The Balaban J connectivity index is 1.90. The average molecular weight is 517 g/mol. The van der Waals surface area contributed by atoms with Crippen LogP contribution in [0.4, 0.5) is 29.1 Å². The molecule has 3 aromatic rings. The molecule has 0 radical (unpaired) electrons. The predicted octanol–water partition coefficient (Wildman–Crippen LogP) is 4.73. The van der Waals surface area contributed by atoms with Gasteiger partial charge in [0.1, 0.15) is 36.0 Å². The van der Waals surface area contributed by atoms with Gasteiger partial charge >= 0.3 is 6.18 Å². The number of fused-ring (bicyclic) bond motifs is 1. The number of anilines is 2. The van der Waals surface area contributed by atoms with Gasteiger partial charge in [-0.15, -0.1) is 0 Å². The molecule has 1 amide bonds. The van der Waals surface area contributed by atoms with Crippen molar-refractivity contribution in [3.8, 4) is 11.5 Å². The molecule has 1 atom stereocenters. The zero-order chi connectivity index (χ0) is 23.5. The summed E-state index contributed by atoms with van der Waals surface area (Å²) in [6, 6.07) is 6.98. The highest BCUT2D eigenvalue weighted by Crippen LogP contribution is 2.36. The second-order valence-electron chi connectivity index (χ2n) is 6.58. The van der Waals surface area contributed by atoms with Crippen LogP contribution in [-0.2, 0) is 4.79 Å². The zero-order valence-corrected chi connectivity index (χ0v) is 18.3. The quantitative estimate of drug-likeness (QED) is 0.441. The van der Waals surface area contributed by atoms with Gasteiger partial charge in [-0.1, -0.05) is 15.9 Å². The summed E-state index contributed by atoms with van der Waals surface area (Å²) in [5, 5.41) is 5.25. The van der Waals surface area contributed by atoms with Gasteiger partial charge in [0, 0.05) is 10.5 Å². The van der Waals surface area contributed by atoms with Gasteiger partial charge in [0.25, 0.3) is 5.91 Å². The molecule has 0 aliphatic carbocycles. The van der Waals surface area contributed by atoms with Gasteiger partial charge in [-0.05, 0) is 31.2 Å². The summed E-state index contributed by atoms with van der Waals surface area (Å²) in [7, 11) is 1.48. The zero-order valence-electron chi connectivity index (χ0n) is 16.8. The molecule has 1 aromatic heterocycles. The number of carbonyl (C=O) groups excluding carboxylic acids is 1. The van der Waals surface area contributed by atoms with E-state index in [0.717, 1.165) is 16.6 Å². The summed E-state index contributed by atoms with van der Waals surface area (Å²) >= 11 is 3.37. The van der Waals surface area contributed by atoms with Crippen molar-refractivity contribution >= 4 is 44.2 Å². The molecular formula is C20H17BrF4N4O3. The van der Waals surface area contributed by atoms with Crippen LogP contribution in [0.15, 0.2) is 41.1 Å². The van der Waals surface area contributed by atoms with E-state index >= 15 is 0 Å². The van der Waals surface area contributed by atoms with Crippen molar-refractivity contribution in [1.82, 2.24) is 15.3 Å². The molecule has 2 N–H and O–H groups in total. The molecule has 32 heavy (non-hydrogen) atoms. The summed E-state index contributed by atoms with van der Waals surface area (Å²) in [6.07, 6.45) is -4.58. The second-order valence-corrected chi connectivity index (χ2v) is 7.50. The summed E-state index contributed by atoms with van der Waals surface area (Å²) in [5.74, 6) is -0.992. The van der Waals surface area contributed by atoms with E-state index in [-0.39, 0.29) is 11.4 Å². The molecule has 12 heteroatoms. The lowest BCUT2D eigenvalue weighted by Gasteiger charge is -2.19. The maximum Gasteiger partial charge on any atom is 0.405 e. The van der Waals surface area contributed by atoms with Crippen LogP contribution >= 0.6 is 15.9 Å². The number of halogens is 5. The Bertz CT molecular complexity index is 1140. The van der Waals surface area contributed by atoms with E-state index in [1.165, 1.54) is 26.4 Å². The number of aromatic nitrogens is 2. The first-order valence-electron chi connectivity index (χ1n) is 9.13. The van der Waals surface area contributed by atoms with Gasteiger partial charge in [0.15, 0.2) is 6.10 Å². The highest BCUT2D eigenvalue weighted by molar-refractivity contribution is 9.10. The number of carbonyl (C=O) groups is 1. The van der Waals surface area contributed by atoms with Crippen LogP contribution in [0.5, 0.6) is 11.5 Å². The van der Waals surface area contributed by atoms with Crippen LogP contribution in [0, 0.1) is 5.82 Å². The highest BCUT2D eigenvalue weighted by Gasteiger charge is 2.29. The first-order chi connectivity index (χ1) is 15.1. The highest BCUT2D eigenvalue weighted by atomic mass is 79.9. The average Bonchev–Trinajstić information content (AvgIpc) is 2.72. The Morgan fingerprint density at radius 3 is 2.62 bits per heavy atom. The van der Waals surface area contributed by atoms with Crippen LogP contribution in [0.3, 0.4) is 0 Å². The largest absolute Gasteiger partial charge is 0.496 e. The maximum absolute atomic E-state index is 13.8. The summed E-state index contributed by atoms with van der Waals surface area (Å²) in [6.45, 7) is -0.253. The van der Waals surface area contributed by atoms with Crippen molar-refractivity contribution in [3.63, 3.8) is 0 Å². The van der Waals surface area contributed by atoms with E-state index in [2.05, 4.69) is 31.2 Å². The molecule has 1 heterocycles. The number of ether oxygens (including phenoxy) is 2. The SMILES string of the molecule is COc1cc(Br)cc2ncnc(Nc3ccc(F)cc3OC(C)C(=O)NCC(F)(F)F)c12. The van der Waals surface area contributed by atoms with E-state index in [1.54, 1.807) is 17.4 Å². The number of rotatable bonds is 7. The van der Waals surface area contributed by atoms with Gasteiger partial charge < -0.3 is 20.1 Å². The number of nitrogens with one attached hydrogen (secondary N) is 2. The normalized spacial score (nSPS) is 12.3. The number of nitrogens with zero attached hydrogens (tertiary/aromatic N) is 2. The van der Waals surface area contributed by atoms with Crippen LogP contribution in [-0.4, -0.2) is 41.8 Å². The van der Waals surface area contributed by atoms with E-state index in [4.69, 9.17) is 9.47 Å². The summed E-state index contributed by atoms with van der Waals surface area (Å²) in [5.41, 5.74) is 0.782. The molecule has 170 valence electrons. The number of hydrogen-bond acceptors (Lipinski definition) is 6. The minimum Gasteiger partial charge on any atom is -0.496 e. The maximum atomic E-state index is 13.8. The van der Waals surface area contributed by atoms with E-state index in [1.807, 2.05) is 0 Å². The van der Waals surface area contributed by atoms with Crippen LogP contribution in [0.25, 0.3) is 10.9 Å². The minimum atomic E-state index is -4.57. The minimum absolute atomic E-state index is 0.0949. The van der Waals surface area contributed by atoms with E-state index < -0.39 is 30.5 Å². The Morgan fingerprint density at radius 2 is 1.94 bits per heavy atom. The Morgan fingerprint density at radius 1 is 1.19 bits per heavy atom. The number of methoxy groups -OCH3 is 1. The van der Waals surface area contributed by atoms with Crippen LogP contribution in [0.1, 0.15) is 6.92 Å². The third-order valence-corrected chi connectivity index (χ3v) is 4.68. The summed E-state index contributed by atoms with van der Waals surface area (Å²) in [4.78, 5) is 20.4. The fourth-order valence-corrected chi connectivity index (χ4v) is 3.20. The number of amides is 1. The van der Waals surface area contributed by atoms with Gasteiger partial charge in [-0.2, -0.15) is 13.2 Å². The predicted molar refractivity (Wildman–Crippen MR) is 113 cm³/mol. The van der Waals surface area contributed by atoms with Gasteiger partial charge in [-0.25, -0.2) is 14.4 Å². The van der Waals surface area contributed by atoms with Gasteiger partial charge in [0.05, 0.1) is 23.7 Å². The monoisotopic (exact) mass is 516 g/mol. The summed E-state index contributed by atoms with van der Waals surface area (Å²) < 4.78 is 62.5. The van der Waals surface area contributed by atoms with Crippen LogP contribution in [0.2, 0.25) is 0 Å². The van der Waals surface area contributed by atoms with Crippen molar-refractivity contribution in [2.45, 2.75) is 19.2 Å². The molecule has 0 aliphatic heterocycles. The molecule has 0 fully saturated rings. The molecule has 2 aromatic carbocycles. The lowest BCUT2D eigenvalue weighted by Crippen LogP contribution is -2.41. The molecular weight excluding hydrogens is 500 g/mol. The van der Waals surface area contributed by atoms with Gasteiger partial charge in [0.2, 0.25) is 0 Å².